The summed E-state index contributed by atoms with van der Waals surface area (Å²) in [5, 5.41) is 12.5. The number of hydrogen-bond donors (Lipinski definition) is 2. The Labute approximate surface area is 128 Å². The molecule has 0 aliphatic carbocycles. The third kappa shape index (κ3) is 3.12. The molecule has 0 bridgehead atoms. The van der Waals surface area contributed by atoms with E-state index in [9.17, 15) is 9.59 Å². The van der Waals surface area contributed by atoms with Gasteiger partial charge in [-0.15, -0.1) is 0 Å². The van der Waals surface area contributed by atoms with E-state index in [4.69, 9.17) is 14.3 Å². The van der Waals surface area contributed by atoms with Gasteiger partial charge in [-0.25, -0.2) is 4.79 Å². The number of aryl methyl sites for hydroxylation is 2. The molecule has 1 aromatic heterocycles. The Hall–Kier alpha value is -2.34. The summed E-state index contributed by atoms with van der Waals surface area (Å²) in [4.78, 5) is 23.5. The zero-order valence-corrected chi connectivity index (χ0v) is 12.8. The number of amides is 1. The second-order valence-electron chi connectivity index (χ2n) is 5.15. The molecule has 0 aliphatic rings. The summed E-state index contributed by atoms with van der Waals surface area (Å²) in [6.45, 7) is 3.92. The highest BCUT2D eigenvalue weighted by Gasteiger charge is 2.24. The first kappa shape index (κ1) is 16.0. The fourth-order valence-electron chi connectivity index (χ4n) is 2.32. The van der Waals surface area contributed by atoms with E-state index in [0.717, 1.165) is 10.9 Å². The molecule has 2 N–H and O–H groups in total. The van der Waals surface area contributed by atoms with Gasteiger partial charge in [0.25, 0.3) is 5.91 Å². The molecule has 1 atom stereocenters. The summed E-state index contributed by atoms with van der Waals surface area (Å²) in [5.41, 5.74) is 2.27. The van der Waals surface area contributed by atoms with E-state index in [2.05, 4.69) is 5.32 Å². The third-order valence-corrected chi connectivity index (χ3v) is 3.58. The summed E-state index contributed by atoms with van der Waals surface area (Å²) in [6, 6.07) is 4.64. The number of furan rings is 1. The van der Waals surface area contributed by atoms with Crippen LogP contribution in [0.15, 0.2) is 22.6 Å². The lowest BCUT2D eigenvalue weighted by atomic mass is 10.1. The SMILES string of the molecule is COCCC(NC(=O)c1oc2c(C)cccc2c1C)C(=O)O. The van der Waals surface area contributed by atoms with Crippen molar-refractivity contribution in [3.8, 4) is 0 Å². The molecule has 1 unspecified atom stereocenters. The lowest BCUT2D eigenvalue weighted by Gasteiger charge is -2.13. The van der Waals surface area contributed by atoms with Gasteiger partial charge in [0.05, 0.1) is 0 Å². The van der Waals surface area contributed by atoms with Crippen LogP contribution < -0.4 is 5.32 Å². The van der Waals surface area contributed by atoms with Gasteiger partial charge in [-0.2, -0.15) is 0 Å². The fourth-order valence-corrected chi connectivity index (χ4v) is 2.32. The number of benzene rings is 1. The number of carboxylic acids is 1. The third-order valence-electron chi connectivity index (χ3n) is 3.58. The summed E-state index contributed by atoms with van der Waals surface area (Å²) >= 11 is 0. The van der Waals surface area contributed by atoms with Crippen LogP contribution in [0.25, 0.3) is 11.0 Å². The lowest BCUT2D eigenvalue weighted by Crippen LogP contribution is -2.41. The van der Waals surface area contributed by atoms with E-state index < -0.39 is 17.9 Å². The van der Waals surface area contributed by atoms with Gasteiger partial charge in [0.2, 0.25) is 0 Å². The minimum atomic E-state index is -1.10. The van der Waals surface area contributed by atoms with Crippen LogP contribution in [0, 0.1) is 13.8 Å². The lowest BCUT2D eigenvalue weighted by molar-refractivity contribution is -0.139. The average molecular weight is 305 g/mol. The molecule has 22 heavy (non-hydrogen) atoms. The molecule has 0 fully saturated rings. The Morgan fingerprint density at radius 2 is 2.09 bits per heavy atom. The molecule has 6 nitrogen and oxygen atoms in total. The molecule has 0 saturated heterocycles. The van der Waals surface area contributed by atoms with Gasteiger partial charge in [-0.1, -0.05) is 18.2 Å². The van der Waals surface area contributed by atoms with Crippen LogP contribution in [0.2, 0.25) is 0 Å². The monoisotopic (exact) mass is 305 g/mol. The van der Waals surface area contributed by atoms with Crippen LogP contribution in [-0.2, 0) is 9.53 Å². The van der Waals surface area contributed by atoms with Crippen molar-refractivity contribution in [3.63, 3.8) is 0 Å². The van der Waals surface area contributed by atoms with Crippen molar-refractivity contribution in [2.24, 2.45) is 0 Å². The maximum Gasteiger partial charge on any atom is 0.326 e. The number of carboxylic acid groups (broad SMARTS) is 1. The molecular weight excluding hydrogens is 286 g/mol. The van der Waals surface area contributed by atoms with E-state index in [0.29, 0.717) is 11.1 Å². The van der Waals surface area contributed by atoms with Crippen molar-refractivity contribution in [1.82, 2.24) is 5.32 Å². The van der Waals surface area contributed by atoms with E-state index in [1.807, 2.05) is 25.1 Å². The molecule has 0 spiro atoms. The maximum absolute atomic E-state index is 12.3. The molecule has 1 aromatic carbocycles. The number of nitrogens with one attached hydrogen (secondary N) is 1. The number of rotatable bonds is 6. The number of methoxy groups -OCH3 is 1. The summed E-state index contributed by atoms with van der Waals surface area (Å²) in [6.07, 6.45) is 0.190. The molecule has 0 saturated carbocycles. The molecular formula is C16H19NO5. The number of para-hydroxylation sites is 1. The predicted molar refractivity (Wildman–Crippen MR) is 81.1 cm³/mol. The van der Waals surface area contributed by atoms with Gasteiger partial charge in [0.15, 0.2) is 5.76 Å². The van der Waals surface area contributed by atoms with Crippen molar-refractivity contribution in [3.05, 3.63) is 35.1 Å². The highest BCUT2D eigenvalue weighted by atomic mass is 16.5. The molecule has 1 heterocycles. The van der Waals surface area contributed by atoms with Crippen LogP contribution in [0.4, 0.5) is 0 Å². The maximum atomic E-state index is 12.3. The molecule has 6 heteroatoms. The van der Waals surface area contributed by atoms with Crippen LogP contribution in [0.3, 0.4) is 0 Å². The smallest absolute Gasteiger partial charge is 0.326 e. The van der Waals surface area contributed by atoms with E-state index in [1.165, 1.54) is 7.11 Å². The quantitative estimate of drug-likeness (QED) is 0.854. The molecule has 0 aliphatic heterocycles. The first-order valence-electron chi connectivity index (χ1n) is 6.97. The highest BCUT2D eigenvalue weighted by molar-refractivity contribution is 6.00. The Kier molecular flexibility index (Phi) is 4.82. The first-order valence-corrected chi connectivity index (χ1v) is 6.97. The first-order chi connectivity index (χ1) is 10.5. The van der Waals surface area contributed by atoms with Crippen LogP contribution in [-0.4, -0.2) is 36.7 Å². The number of fused-ring (bicyclic) bond motifs is 1. The zero-order valence-electron chi connectivity index (χ0n) is 12.8. The van der Waals surface area contributed by atoms with Crippen molar-refractivity contribution in [1.29, 1.82) is 0 Å². The Morgan fingerprint density at radius 1 is 1.36 bits per heavy atom. The van der Waals surface area contributed by atoms with Crippen molar-refractivity contribution in [2.75, 3.05) is 13.7 Å². The highest BCUT2D eigenvalue weighted by Crippen LogP contribution is 2.27. The Balaban J connectivity index is 2.27. The average Bonchev–Trinajstić information content (AvgIpc) is 2.82. The zero-order chi connectivity index (χ0) is 16.3. The van der Waals surface area contributed by atoms with Gasteiger partial charge in [-0.3, -0.25) is 4.79 Å². The number of carbonyl (C=O) groups is 2. The van der Waals surface area contributed by atoms with Crippen molar-refractivity contribution >= 4 is 22.8 Å². The van der Waals surface area contributed by atoms with Crippen LogP contribution in [0.5, 0.6) is 0 Å². The normalized spacial score (nSPS) is 12.3. The van der Waals surface area contributed by atoms with E-state index in [1.54, 1.807) is 6.92 Å². The van der Waals surface area contributed by atoms with Crippen LogP contribution >= 0.6 is 0 Å². The number of aliphatic carboxylic acids is 1. The Morgan fingerprint density at radius 3 is 2.68 bits per heavy atom. The van der Waals surface area contributed by atoms with Gasteiger partial charge in [0.1, 0.15) is 11.6 Å². The van der Waals surface area contributed by atoms with Crippen LogP contribution in [0.1, 0.15) is 28.1 Å². The molecule has 1 amide bonds. The standard InChI is InChI=1S/C16H19NO5/c1-9-5-4-6-11-10(2)14(22-13(9)11)15(18)17-12(16(19)20)7-8-21-3/h4-6,12H,7-8H2,1-3H3,(H,17,18)(H,19,20). The van der Waals surface area contributed by atoms with Gasteiger partial charge < -0.3 is 19.6 Å². The van der Waals surface area contributed by atoms with Gasteiger partial charge in [0, 0.05) is 31.1 Å². The number of carbonyl (C=O) groups excluding carboxylic acids is 1. The molecule has 118 valence electrons. The number of ether oxygens (including phenoxy) is 1. The molecule has 2 rings (SSSR count). The fraction of sp³-hybridized carbons (Fsp3) is 0.375. The largest absolute Gasteiger partial charge is 0.480 e. The van der Waals surface area contributed by atoms with E-state index >= 15 is 0 Å². The van der Waals surface area contributed by atoms with Crippen molar-refractivity contribution in [2.45, 2.75) is 26.3 Å². The molecule has 0 radical (unpaired) electrons. The topological polar surface area (TPSA) is 88.8 Å². The minimum Gasteiger partial charge on any atom is -0.480 e. The second kappa shape index (κ2) is 6.62. The van der Waals surface area contributed by atoms with E-state index in [-0.39, 0.29) is 18.8 Å². The van der Waals surface area contributed by atoms with Crippen molar-refractivity contribution < 1.29 is 23.8 Å². The summed E-state index contributed by atoms with van der Waals surface area (Å²) in [7, 11) is 1.48. The Bertz CT molecular complexity index is 704. The molecule has 2 aromatic rings. The van der Waals surface area contributed by atoms with Gasteiger partial charge >= 0.3 is 5.97 Å². The summed E-state index contributed by atoms with van der Waals surface area (Å²) < 4.78 is 10.5. The predicted octanol–water partition coefficient (Wildman–Crippen LogP) is 2.27. The van der Waals surface area contributed by atoms with Gasteiger partial charge in [-0.05, 0) is 19.4 Å². The number of hydrogen-bond acceptors (Lipinski definition) is 4. The second-order valence-corrected chi connectivity index (χ2v) is 5.15. The summed E-state index contributed by atoms with van der Waals surface area (Å²) in [5.74, 6) is -1.49. The minimum absolute atomic E-state index is 0.146.